The summed E-state index contributed by atoms with van der Waals surface area (Å²) >= 11 is 0. The van der Waals surface area contributed by atoms with E-state index in [4.69, 9.17) is 0 Å². The van der Waals surface area contributed by atoms with E-state index in [0.717, 1.165) is 64.3 Å². The third kappa shape index (κ3) is 7.65. The fraction of sp³-hybridized carbons (Fsp3) is 0.720. The number of aliphatic hydroxyl groups is 1. The first-order valence-electron chi connectivity index (χ1n) is 12.1. The van der Waals surface area contributed by atoms with Crippen molar-refractivity contribution in [3.05, 3.63) is 35.1 Å². The summed E-state index contributed by atoms with van der Waals surface area (Å²) in [5, 5.41) is 13.4. The third-order valence-electron chi connectivity index (χ3n) is 6.82. The van der Waals surface area contributed by atoms with Crippen LogP contribution in [0, 0.1) is 17.2 Å². The minimum atomic E-state index is -4.71. The lowest BCUT2D eigenvalue weighted by molar-refractivity contribution is -0.137. The van der Waals surface area contributed by atoms with Gasteiger partial charge in [-0.15, -0.1) is 0 Å². The number of aliphatic hydroxyl groups excluding tert-OH is 1. The Labute approximate surface area is 199 Å². The topological polar surface area (TPSA) is 55.8 Å². The van der Waals surface area contributed by atoms with Crippen LogP contribution in [0.15, 0.2) is 18.2 Å². The number of piperidine rings is 1. The lowest BCUT2D eigenvalue weighted by Gasteiger charge is -2.38. The second-order valence-electron chi connectivity index (χ2n) is 11.0. The molecule has 5 nitrogen and oxygen atoms in total. The lowest BCUT2D eigenvalue weighted by atomic mass is 9.91. The van der Waals surface area contributed by atoms with Gasteiger partial charge in [0.15, 0.2) is 0 Å². The molecular formula is C25H37F4N3O2. The summed E-state index contributed by atoms with van der Waals surface area (Å²) in [6.45, 7) is 10.3. The number of nitrogens with one attached hydrogen (secondary N) is 1. The van der Waals surface area contributed by atoms with Gasteiger partial charge in [0, 0.05) is 31.2 Å². The molecule has 0 aliphatic carbocycles. The maximum Gasteiger partial charge on any atom is 0.416 e. The average molecular weight is 488 g/mol. The van der Waals surface area contributed by atoms with Crippen molar-refractivity contribution < 1.29 is 27.5 Å². The zero-order valence-corrected chi connectivity index (χ0v) is 20.3. The predicted molar refractivity (Wildman–Crippen MR) is 123 cm³/mol. The maximum absolute atomic E-state index is 13.6. The van der Waals surface area contributed by atoms with Gasteiger partial charge in [-0.05, 0) is 74.7 Å². The van der Waals surface area contributed by atoms with E-state index in [-0.39, 0.29) is 16.9 Å². The highest BCUT2D eigenvalue weighted by atomic mass is 19.4. The Morgan fingerprint density at radius 3 is 2.41 bits per heavy atom. The van der Waals surface area contributed by atoms with Crippen molar-refractivity contribution in [2.45, 2.75) is 71.3 Å². The zero-order valence-electron chi connectivity index (χ0n) is 20.3. The molecule has 2 saturated heterocycles. The van der Waals surface area contributed by atoms with Gasteiger partial charge in [0.2, 0.25) is 0 Å². The molecule has 1 aromatic carbocycles. The quantitative estimate of drug-likeness (QED) is 0.556. The van der Waals surface area contributed by atoms with Gasteiger partial charge in [-0.1, -0.05) is 20.8 Å². The minimum absolute atomic E-state index is 0.0647. The van der Waals surface area contributed by atoms with Crippen molar-refractivity contribution in [3.63, 3.8) is 0 Å². The Morgan fingerprint density at radius 1 is 1.12 bits per heavy atom. The summed E-state index contributed by atoms with van der Waals surface area (Å²) < 4.78 is 52.3. The highest BCUT2D eigenvalue weighted by Gasteiger charge is 2.34. The lowest BCUT2D eigenvalue weighted by Crippen LogP contribution is -2.48. The number of hydrogen-bond acceptors (Lipinski definition) is 4. The molecule has 1 amide bonds. The van der Waals surface area contributed by atoms with E-state index in [2.05, 4.69) is 35.9 Å². The fourth-order valence-electron chi connectivity index (χ4n) is 5.01. The molecule has 34 heavy (non-hydrogen) atoms. The van der Waals surface area contributed by atoms with Gasteiger partial charge in [0.1, 0.15) is 12.0 Å². The molecule has 0 aromatic heterocycles. The number of alkyl halides is 3. The van der Waals surface area contributed by atoms with Crippen LogP contribution < -0.4 is 5.32 Å². The highest BCUT2D eigenvalue weighted by molar-refractivity contribution is 5.94. The van der Waals surface area contributed by atoms with Crippen LogP contribution in [0.5, 0.6) is 0 Å². The second-order valence-corrected chi connectivity index (χ2v) is 11.0. The van der Waals surface area contributed by atoms with E-state index < -0.39 is 29.7 Å². The van der Waals surface area contributed by atoms with Crippen molar-refractivity contribution in [2.75, 3.05) is 32.7 Å². The second kappa shape index (κ2) is 10.9. The van der Waals surface area contributed by atoms with Crippen LogP contribution in [-0.2, 0) is 6.18 Å². The number of carbonyl (C=O) groups excluding carboxylic acids is 1. The number of rotatable bonds is 7. The van der Waals surface area contributed by atoms with Crippen LogP contribution in [-0.4, -0.2) is 65.8 Å². The molecule has 3 rings (SSSR count). The van der Waals surface area contributed by atoms with Gasteiger partial charge < -0.3 is 15.3 Å². The largest absolute Gasteiger partial charge is 0.416 e. The summed E-state index contributed by atoms with van der Waals surface area (Å²) in [5.41, 5.74) is -1.42. The summed E-state index contributed by atoms with van der Waals surface area (Å²) in [7, 11) is 0. The van der Waals surface area contributed by atoms with E-state index in [1.165, 1.54) is 0 Å². The van der Waals surface area contributed by atoms with Crippen LogP contribution in [0.1, 0.15) is 68.8 Å². The van der Waals surface area contributed by atoms with E-state index in [1.807, 2.05) is 0 Å². The van der Waals surface area contributed by atoms with Crippen LogP contribution in [0.25, 0.3) is 0 Å². The molecule has 0 saturated carbocycles. The molecule has 9 heteroatoms. The minimum Gasteiger partial charge on any atom is -0.378 e. The number of nitrogens with zero attached hydrogens (tertiary/aromatic N) is 2. The first-order valence-corrected chi connectivity index (χ1v) is 12.1. The molecule has 2 aliphatic rings. The number of halogens is 4. The fourth-order valence-corrected chi connectivity index (χ4v) is 5.01. The number of hydrogen-bond donors (Lipinski definition) is 2. The van der Waals surface area contributed by atoms with Gasteiger partial charge in [-0.3, -0.25) is 9.69 Å². The molecule has 2 fully saturated rings. The van der Waals surface area contributed by atoms with Crippen molar-refractivity contribution in [3.8, 4) is 0 Å². The number of carbonyl (C=O) groups is 1. The molecule has 0 bridgehead atoms. The first-order chi connectivity index (χ1) is 15.8. The van der Waals surface area contributed by atoms with Crippen LogP contribution in [0.2, 0.25) is 0 Å². The first kappa shape index (κ1) is 26.9. The summed E-state index contributed by atoms with van der Waals surface area (Å²) in [6, 6.07) is 2.24. The normalized spacial score (nSPS) is 22.2. The Kier molecular flexibility index (Phi) is 8.63. The van der Waals surface area contributed by atoms with Crippen molar-refractivity contribution in [1.82, 2.24) is 15.1 Å². The highest BCUT2D eigenvalue weighted by Crippen LogP contribution is 2.31. The monoisotopic (exact) mass is 487 g/mol. The van der Waals surface area contributed by atoms with E-state index in [9.17, 15) is 27.5 Å². The molecule has 2 heterocycles. The predicted octanol–water partition coefficient (Wildman–Crippen LogP) is 4.51. The van der Waals surface area contributed by atoms with Crippen molar-refractivity contribution >= 4 is 5.91 Å². The number of likely N-dealkylation sites (tertiary alicyclic amines) is 2. The third-order valence-corrected chi connectivity index (χ3v) is 6.82. The average Bonchev–Trinajstić information content (AvgIpc) is 3.19. The van der Waals surface area contributed by atoms with Gasteiger partial charge in [0.05, 0.1) is 5.56 Å². The van der Waals surface area contributed by atoms with Crippen molar-refractivity contribution in [2.24, 2.45) is 11.3 Å². The van der Waals surface area contributed by atoms with E-state index in [0.29, 0.717) is 24.7 Å². The molecule has 1 aromatic rings. The van der Waals surface area contributed by atoms with Crippen LogP contribution in [0.3, 0.4) is 0 Å². The van der Waals surface area contributed by atoms with Crippen molar-refractivity contribution in [1.29, 1.82) is 0 Å². The Hall–Kier alpha value is -1.71. The maximum atomic E-state index is 13.6. The summed E-state index contributed by atoms with van der Waals surface area (Å²) in [5.74, 6) is -1.55. The van der Waals surface area contributed by atoms with Gasteiger partial charge in [-0.25, -0.2) is 4.39 Å². The van der Waals surface area contributed by atoms with Gasteiger partial charge in [-0.2, -0.15) is 13.2 Å². The Morgan fingerprint density at radius 2 is 1.79 bits per heavy atom. The van der Waals surface area contributed by atoms with Gasteiger partial charge in [0.25, 0.3) is 5.91 Å². The summed E-state index contributed by atoms with van der Waals surface area (Å²) in [6.07, 6.45) is -0.498. The standard InChI is InChI=1S/C25H37F4N3O2/c1-24(2,3)14-22(33)32-8-4-5-21(32)16-31-9-6-17(7-10-31)15-30-23(34)18-11-19(25(27,28)29)13-20(26)12-18/h11-13,17,21-22,33H,4-10,14-16H2,1-3H3,(H,30,34). The smallest absolute Gasteiger partial charge is 0.378 e. The van der Waals surface area contributed by atoms with Crippen LogP contribution in [0.4, 0.5) is 17.6 Å². The molecule has 2 atom stereocenters. The summed E-state index contributed by atoms with van der Waals surface area (Å²) in [4.78, 5) is 17.0. The SMILES string of the molecule is CC(C)(C)CC(O)N1CCCC1CN1CCC(CNC(=O)c2cc(F)cc(C(F)(F)F)c2)CC1. The molecular weight excluding hydrogens is 450 g/mol. The number of benzene rings is 1. The zero-order chi connectivity index (χ0) is 25.1. The van der Waals surface area contributed by atoms with E-state index >= 15 is 0 Å². The molecule has 2 N–H and O–H groups in total. The van der Waals surface area contributed by atoms with Crippen LogP contribution >= 0.6 is 0 Å². The molecule has 0 radical (unpaired) electrons. The molecule has 2 unspecified atom stereocenters. The Bertz CT molecular complexity index is 832. The molecule has 0 spiro atoms. The van der Waals surface area contributed by atoms with E-state index in [1.54, 1.807) is 0 Å². The number of amides is 1. The van der Waals surface area contributed by atoms with Gasteiger partial charge >= 0.3 is 6.18 Å². The Balaban J connectivity index is 1.45. The molecule has 2 aliphatic heterocycles. The molecule has 192 valence electrons.